The third kappa shape index (κ3) is 16.7. The van der Waals surface area contributed by atoms with Crippen molar-refractivity contribution in [3.8, 4) is 5.75 Å². The Labute approximate surface area is 580 Å². The van der Waals surface area contributed by atoms with Crippen molar-refractivity contribution in [3.05, 3.63) is 117 Å². The Balaban J connectivity index is 0.000000122. The van der Waals surface area contributed by atoms with Gasteiger partial charge in [-0.1, -0.05) is 92.1 Å². The van der Waals surface area contributed by atoms with Gasteiger partial charge in [0, 0.05) is 192 Å². The first-order valence-corrected chi connectivity index (χ1v) is 34.5. The number of fused-ring (bicyclic) bond motifs is 5. The maximum absolute atomic E-state index is 12.1. The summed E-state index contributed by atoms with van der Waals surface area (Å²) in [5.41, 5.74) is 14.3. The zero-order valence-electron chi connectivity index (χ0n) is 54.2. The van der Waals surface area contributed by atoms with Gasteiger partial charge in [-0.05, 0) is 79.9 Å². The minimum Gasteiger partial charge on any atom is -0.493 e. The molecule has 1 aliphatic carbocycles. The molecule has 15 rings (SSSR count). The van der Waals surface area contributed by atoms with Crippen LogP contribution >= 0.6 is 58.0 Å². The molecule has 29 heteroatoms. The van der Waals surface area contributed by atoms with Crippen LogP contribution in [0, 0.1) is 11.8 Å². The maximum atomic E-state index is 12.1. The number of aromatic amines is 5. The average molecular weight is 1410 g/mol. The number of piperazine rings is 4. The number of unbranched alkanes of at least 4 members (excludes halogenated alkanes) is 1. The van der Waals surface area contributed by atoms with Gasteiger partial charge >= 0.3 is 6.03 Å². The lowest BCUT2D eigenvalue weighted by Crippen LogP contribution is -2.50. The maximum Gasteiger partial charge on any atom is 0.314 e. The molecule has 0 bridgehead atoms. The molecule has 96 heavy (non-hydrogen) atoms. The predicted octanol–water partition coefficient (Wildman–Crippen LogP) is 11.9. The van der Waals surface area contributed by atoms with Gasteiger partial charge in [-0.3, -0.25) is 39.9 Å². The summed E-state index contributed by atoms with van der Waals surface area (Å²) in [7, 11) is 0. The molecular formula is C67H80Cl5N19O5. The van der Waals surface area contributed by atoms with Crippen LogP contribution < -0.4 is 30.1 Å². The van der Waals surface area contributed by atoms with E-state index >= 15 is 0 Å². The van der Waals surface area contributed by atoms with Gasteiger partial charge in [0.05, 0.1) is 70.6 Å². The monoisotopic (exact) mass is 1410 g/mol. The molecule has 1 saturated carbocycles. The van der Waals surface area contributed by atoms with Gasteiger partial charge < -0.3 is 49.7 Å². The number of H-pyrrole nitrogens is 5. The van der Waals surface area contributed by atoms with E-state index in [-0.39, 0.29) is 23.8 Å². The summed E-state index contributed by atoms with van der Waals surface area (Å²) in [6, 6.07) is 18.7. The Morgan fingerprint density at radius 2 is 0.781 bits per heavy atom. The molecule has 508 valence electrons. The number of rotatable bonds is 11. The van der Waals surface area contributed by atoms with E-state index in [9.17, 15) is 19.2 Å². The Bertz CT molecular complexity index is 4200. The number of nitrogens with two attached hydrogens (primary N) is 1. The first-order valence-electron chi connectivity index (χ1n) is 32.6. The number of nitrogens with one attached hydrogen (secondary N) is 5. The fraction of sp³-hybridized carbons (Fsp3) is 0.418. The summed E-state index contributed by atoms with van der Waals surface area (Å²) < 4.78 is 5.65. The molecule has 4 aliphatic heterocycles. The molecule has 5 aromatic carbocycles. The number of hydrogen-bond acceptors (Lipinski definition) is 14. The van der Waals surface area contributed by atoms with Crippen molar-refractivity contribution in [2.75, 3.05) is 131 Å². The zero-order valence-corrected chi connectivity index (χ0v) is 58.0. The van der Waals surface area contributed by atoms with E-state index in [1.165, 1.54) is 0 Å². The number of carbonyl (C=O) groups excluding carboxylic acids is 4. The predicted molar refractivity (Wildman–Crippen MR) is 384 cm³/mol. The van der Waals surface area contributed by atoms with Crippen molar-refractivity contribution >= 4 is 159 Å². The zero-order chi connectivity index (χ0) is 67.6. The Morgan fingerprint density at radius 3 is 1.11 bits per heavy atom. The molecule has 0 radical (unpaired) electrons. The molecule has 0 atom stereocenters. The lowest BCUT2D eigenvalue weighted by atomic mass is 10.1. The largest absolute Gasteiger partial charge is 0.493 e. The number of ether oxygens (including phenoxy) is 1. The molecular weight excluding hydrogens is 1330 g/mol. The number of amides is 5. The number of urea groups is 1. The third-order valence-electron chi connectivity index (χ3n) is 17.7. The van der Waals surface area contributed by atoms with Crippen LogP contribution in [0.15, 0.2) is 91.6 Å². The van der Waals surface area contributed by atoms with Crippen LogP contribution in [0.1, 0.15) is 59.8 Å². The minimum atomic E-state index is -0.362. The smallest absolute Gasteiger partial charge is 0.314 e. The van der Waals surface area contributed by atoms with E-state index in [1.54, 1.807) is 17.3 Å². The van der Waals surface area contributed by atoms with Crippen molar-refractivity contribution in [1.29, 1.82) is 0 Å². The fourth-order valence-corrected chi connectivity index (χ4v) is 13.4. The SMILES string of the molecule is CC(C)C(=O)N1CCN(c2cc(Cl)cc3[nH]ncc23)CC1.CCC(=O)N1CCN(c2cc(Cl)cc3[nH]ncc23)CC1.CCCCOc1cc(Cl)cc2[nH]ncc12.NC(=O)N1CCN(c2cc(Cl)cc3[nH]ncc23)CC1.O=C(C1CC1)N1CCN(c2cc(Cl)cc3[nH]ncc23)CC1. The second-order valence-electron chi connectivity index (χ2n) is 24.5. The lowest BCUT2D eigenvalue weighted by Gasteiger charge is -2.37. The number of benzene rings is 5. The lowest BCUT2D eigenvalue weighted by molar-refractivity contribution is -0.135. The molecule has 0 unspecified atom stereocenters. The summed E-state index contributed by atoms with van der Waals surface area (Å²) in [4.78, 5) is 63.5. The van der Waals surface area contributed by atoms with Crippen molar-refractivity contribution in [2.24, 2.45) is 17.6 Å². The van der Waals surface area contributed by atoms with Crippen LogP contribution in [0.4, 0.5) is 27.5 Å². The van der Waals surface area contributed by atoms with E-state index in [2.05, 4.69) is 77.5 Å². The number of primary amides is 1. The molecule has 10 aromatic rings. The van der Waals surface area contributed by atoms with Crippen LogP contribution in [0.2, 0.25) is 25.1 Å². The van der Waals surface area contributed by atoms with Gasteiger partial charge in [-0.15, -0.1) is 0 Å². The number of anilines is 4. The van der Waals surface area contributed by atoms with Crippen molar-refractivity contribution in [3.63, 3.8) is 0 Å². The van der Waals surface area contributed by atoms with Crippen molar-refractivity contribution in [1.82, 2.24) is 70.6 Å². The molecule has 9 heterocycles. The summed E-state index contributed by atoms with van der Waals surface area (Å²) in [6.07, 6.45) is 13.9. The average Bonchev–Trinajstić information content (AvgIpc) is 1.52. The molecule has 5 fully saturated rings. The van der Waals surface area contributed by atoms with Gasteiger partial charge in [-0.25, -0.2) is 4.79 Å². The molecule has 5 aromatic heterocycles. The van der Waals surface area contributed by atoms with E-state index in [0.717, 1.165) is 207 Å². The summed E-state index contributed by atoms with van der Waals surface area (Å²) in [6.45, 7) is 21.0. The Morgan fingerprint density at radius 1 is 0.458 bits per heavy atom. The second-order valence-corrected chi connectivity index (χ2v) is 26.7. The van der Waals surface area contributed by atoms with Crippen molar-refractivity contribution < 1.29 is 23.9 Å². The first kappa shape index (κ1) is 68.9. The third-order valence-corrected chi connectivity index (χ3v) is 18.8. The Kier molecular flexibility index (Phi) is 22.7. The number of nitrogens with zero attached hydrogens (tertiary/aromatic N) is 13. The molecule has 5 amide bonds. The molecule has 24 nitrogen and oxygen atoms in total. The van der Waals surface area contributed by atoms with Crippen LogP contribution in [0.5, 0.6) is 5.75 Å². The topological polar surface area (TPSA) is 273 Å². The minimum absolute atomic E-state index is 0.0586. The molecule has 7 N–H and O–H groups in total. The Hall–Kier alpha value is -8.42. The van der Waals surface area contributed by atoms with Crippen LogP contribution in [0.25, 0.3) is 54.5 Å². The highest BCUT2D eigenvalue weighted by molar-refractivity contribution is 6.33. The van der Waals surface area contributed by atoms with Gasteiger partial charge in [0.1, 0.15) is 5.75 Å². The quantitative estimate of drug-likeness (QED) is 0.0658. The van der Waals surface area contributed by atoms with E-state index in [4.69, 9.17) is 68.5 Å². The standard InChI is InChI=1S/C15H17ClN4O.C15H19ClN4O.C14H17ClN4O.C12H14ClN5O.C11H13ClN2O/c16-11-7-13-12(9-17-18-13)14(8-11)19-3-5-20(6-4-19)15(21)10-1-2-10;1-10(2)15(21)20-5-3-19(4-6-20)14-8-11(16)7-13-12(14)9-17-18-13;1-2-14(20)19-5-3-18(4-6-19)13-8-10(15)7-12-11(13)9-16-17-12;13-8-5-10-9(7-15-16-10)11(6-8)17-1-3-18(4-2-17)12(14)19;1-2-3-4-15-11-6-8(12)5-10-9(11)7-13-14-10/h7-10H,1-6H2,(H,17,18);7-10H,3-6H2,1-2H3,(H,17,18);7-9H,2-6H2,1H3,(H,16,17);5-7H,1-4H2,(H2,14,19)(H,15,16);5-7H,2-4H2,1H3,(H,13,14). The summed E-state index contributed by atoms with van der Waals surface area (Å²) >= 11 is 30.6. The van der Waals surface area contributed by atoms with Gasteiger partial charge in [0.15, 0.2) is 0 Å². The van der Waals surface area contributed by atoms with Gasteiger partial charge in [-0.2, -0.15) is 25.5 Å². The number of hydrogen-bond donors (Lipinski definition) is 6. The van der Waals surface area contributed by atoms with Crippen LogP contribution in [-0.4, -0.2) is 206 Å². The number of halogens is 5. The highest BCUT2D eigenvalue weighted by Crippen LogP contribution is 2.36. The normalized spacial score (nSPS) is 15.9. The second kappa shape index (κ2) is 31.6. The first-order chi connectivity index (χ1) is 46.4. The molecule has 5 aliphatic rings. The number of carbonyl (C=O) groups is 4. The number of aromatic nitrogens is 10. The van der Waals surface area contributed by atoms with E-state index in [0.29, 0.717) is 56.4 Å². The van der Waals surface area contributed by atoms with Crippen LogP contribution in [0.3, 0.4) is 0 Å². The molecule has 0 spiro atoms. The summed E-state index contributed by atoms with van der Waals surface area (Å²) in [5, 5.41) is 43.6. The molecule has 4 saturated heterocycles. The highest BCUT2D eigenvalue weighted by Gasteiger charge is 2.35. The van der Waals surface area contributed by atoms with Gasteiger partial charge in [0.25, 0.3) is 0 Å². The highest BCUT2D eigenvalue weighted by atomic mass is 35.5. The summed E-state index contributed by atoms with van der Waals surface area (Å²) in [5.74, 6) is 1.97. The fourth-order valence-electron chi connectivity index (χ4n) is 12.3. The van der Waals surface area contributed by atoms with Crippen LogP contribution in [-0.2, 0) is 14.4 Å². The van der Waals surface area contributed by atoms with Crippen molar-refractivity contribution in [2.45, 2.75) is 59.8 Å². The van der Waals surface area contributed by atoms with E-state index < -0.39 is 0 Å². The van der Waals surface area contributed by atoms with E-state index in [1.807, 2.05) is 115 Å². The van der Waals surface area contributed by atoms with Gasteiger partial charge in [0.2, 0.25) is 17.7 Å².